The van der Waals surface area contributed by atoms with Gasteiger partial charge < -0.3 is 10.4 Å². The Labute approximate surface area is 166 Å². The first-order valence-electron chi connectivity index (χ1n) is 9.08. The first kappa shape index (κ1) is 21.7. The van der Waals surface area contributed by atoms with Crippen molar-refractivity contribution in [3.8, 4) is 0 Å². The van der Waals surface area contributed by atoms with Gasteiger partial charge in [0.05, 0.1) is 24.6 Å². The first-order valence-corrected chi connectivity index (χ1v) is 10.9. The quantitative estimate of drug-likeness (QED) is 0.723. The number of β-amino-alcohol motifs (C(OH)–C–C–N with tert-alkyl or cyclic N) is 1. The van der Waals surface area contributed by atoms with Crippen LogP contribution in [0.15, 0.2) is 6.20 Å². The number of fused-ring (bicyclic) bond motifs is 1. The van der Waals surface area contributed by atoms with Gasteiger partial charge in [-0.15, -0.1) is 5.10 Å². The van der Waals surface area contributed by atoms with Gasteiger partial charge in [0, 0.05) is 19.5 Å². The summed E-state index contributed by atoms with van der Waals surface area (Å²) in [5, 5.41) is 17.3. The maximum atomic E-state index is 13.3. The molecule has 2 aromatic rings. The maximum absolute atomic E-state index is 13.3. The predicted molar refractivity (Wildman–Crippen MR) is 98.8 cm³/mol. The van der Waals surface area contributed by atoms with Crippen molar-refractivity contribution in [1.29, 1.82) is 0 Å². The molecule has 29 heavy (non-hydrogen) atoms. The second kappa shape index (κ2) is 7.69. The van der Waals surface area contributed by atoms with Crippen molar-refractivity contribution in [2.45, 2.75) is 45.0 Å². The zero-order chi connectivity index (χ0) is 21.6. The van der Waals surface area contributed by atoms with Crippen LogP contribution in [-0.4, -0.2) is 68.9 Å². The predicted octanol–water partition coefficient (Wildman–Crippen LogP) is 1.15. The van der Waals surface area contributed by atoms with Crippen LogP contribution in [0.4, 0.5) is 19.1 Å². The number of aliphatic hydroxyl groups excluding tert-OH is 1. The second-order valence-electron chi connectivity index (χ2n) is 7.58. The van der Waals surface area contributed by atoms with Crippen LogP contribution in [0.3, 0.4) is 0 Å². The second-order valence-corrected chi connectivity index (χ2v) is 9.56. The van der Waals surface area contributed by atoms with Crippen molar-refractivity contribution in [3.05, 3.63) is 17.7 Å². The molecule has 0 radical (unpaired) electrons. The molecule has 2 atom stereocenters. The van der Waals surface area contributed by atoms with E-state index in [9.17, 15) is 26.7 Å². The van der Waals surface area contributed by atoms with E-state index in [1.54, 1.807) is 0 Å². The highest BCUT2D eigenvalue weighted by Crippen LogP contribution is 2.32. The summed E-state index contributed by atoms with van der Waals surface area (Å²) < 4.78 is 65.4. The topological polar surface area (TPSA) is 113 Å². The highest BCUT2D eigenvalue weighted by atomic mass is 32.2. The molecule has 0 amide bonds. The molecule has 0 unspecified atom stereocenters. The van der Waals surface area contributed by atoms with Crippen LogP contribution in [0.2, 0.25) is 0 Å². The molecule has 0 aliphatic carbocycles. The van der Waals surface area contributed by atoms with E-state index in [0.717, 1.165) is 17.0 Å². The van der Waals surface area contributed by atoms with E-state index >= 15 is 0 Å². The lowest BCUT2D eigenvalue weighted by atomic mass is 10.0. The van der Waals surface area contributed by atoms with E-state index in [4.69, 9.17) is 0 Å². The summed E-state index contributed by atoms with van der Waals surface area (Å²) in [6, 6.07) is -0.537. The molecule has 3 heterocycles. The van der Waals surface area contributed by atoms with E-state index in [1.807, 2.05) is 13.8 Å². The number of hydrogen-bond donors (Lipinski definition) is 2. The lowest BCUT2D eigenvalue weighted by Gasteiger charge is -2.34. The van der Waals surface area contributed by atoms with Gasteiger partial charge in [0.15, 0.2) is 5.69 Å². The molecular weight excluding hydrogens is 413 g/mol. The Hall–Kier alpha value is -1.99. The first-order chi connectivity index (χ1) is 13.4. The Morgan fingerprint density at radius 3 is 2.62 bits per heavy atom. The van der Waals surface area contributed by atoms with E-state index < -0.39 is 34.0 Å². The number of anilines is 1. The van der Waals surface area contributed by atoms with E-state index in [1.165, 1.54) is 4.31 Å². The minimum absolute atomic E-state index is 0.0329. The normalized spacial score (nSPS) is 21.8. The van der Waals surface area contributed by atoms with Crippen LogP contribution in [0.5, 0.6) is 0 Å². The van der Waals surface area contributed by atoms with E-state index in [2.05, 4.69) is 20.4 Å². The summed E-state index contributed by atoms with van der Waals surface area (Å²) in [5.41, 5.74) is -1.28. The third-order valence-electron chi connectivity index (χ3n) is 4.65. The van der Waals surface area contributed by atoms with Crippen molar-refractivity contribution in [2.24, 2.45) is 5.92 Å². The molecule has 0 spiro atoms. The third kappa shape index (κ3) is 4.78. The lowest BCUT2D eigenvalue weighted by molar-refractivity contribution is -0.139. The molecule has 0 bridgehead atoms. The fourth-order valence-electron chi connectivity index (χ4n) is 3.25. The van der Waals surface area contributed by atoms with Gasteiger partial charge in [0.25, 0.3) is 0 Å². The number of aromatic nitrogens is 4. The number of halogens is 3. The molecule has 1 saturated heterocycles. The number of nitrogens with one attached hydrogen (secondary N) is 1. The van der Waals surface area contributed by atoms with Crippen LogP contribution in [-0.2, 0) is 22.6 Å². The molecular formula is C16H23F3N6O3S. The molecule has 162 valence electrons. The van der Waals surface area contributed by atoms with Crippen LogP contribution in [0, 0.1) is 5.92 Å². The number of imidazole rings is 1. The molecule has 2 N–H and O–H groups in total. The number of piperidine rings is 1. The molecule has 9 nitrogen and oxygen atoms in total. The fourth-order valence-corrected chi connectivity index (χ4v) is 4.11. The summed E-state index contributed by atoms with van der Waals surface area (Å²) in [6.45, 7) is 3.85. The van der Waals surface area contributed by atoms with Crippen LogP contribution in [0.25, 0.3) is 5.52 Å². The monoisotopic (exact) mass is 436 g/mol. The van der Waals surface area contributed by atoms with Crippen molar-refractivity contribution in [1.82, 2.24) is 23.9 Å². The number of rotatable bonds is 5. The highest BCUT2D eigenvalue weighted by molar-refractivity contribution is 7.88. The van der Waals surface area contributed by atoms with Gasteiger partial charge in [-0.05, 0) is 12.3 Å². The number of alkyl halides is 3. The smallest absolute Gasteiger partial charge is 0.390 e. The van der Waals surface area contributed by atoms with Gasteiger partial charge in [-0.1, -0.05) is 13.8 Å². The Kier molecular flexibility index (Phi) is 5.75. The van der Waals surface area contributed by atoms with Gasteiger partial charge in [-0.2, -0.15) is 17.5 Å². The summed E-state index contributed by atoms with van der Waals surface area (Å²) in [5.74, 6) is 0.265. The van der Waals surface area contributed by atoms with Crippen molar-refractivity contribution in [3.63, 3.8) is 0 Å². The number of hydrogen-bond acceptors (Lipinski definition) is 7. The summed E-state index contributed by atoms with van der Waals surface area (Å²) in [4.78, 5) is 7.67. The molecule has 0 aromatic carbocycles. The maximum Gasteiger partial charge on any atom is 0.435 e. The van der Waals surface area contributed by atoms with Crippen molar-refractivity contribution >= 4 is 21.5 Å². The summed E-state index contributed by atoms with van der Waals surface area (Å²) >= 11 is 0. The van der Waals surface area contributed by atoms with Crippen LogP contribution < -0.4 is 5.32 Å². The number of aliphatic hydroxyl groups is 1. The van der Waals surface area contributed by atoms with Crippen molar-refractivity contribution in [2.75, 3.05) is 24.7 Å². The Morgan fingerprint density at radius 2 is 2.07 bits per heavy atom. The molecule has 3 rings (SSSR count). The largest absolute Gasteiger partial charge is 0.435 e. The molecule has 2 aromatic heterocycles. The van der Waals surface area contributed by atoms with Gasteiger partial charge in [-0.25, -0.2) is 22.9 Å². The standard InChI is InChI=1S/C16H23F3N6O3S/c1-9(2)6-13-22-14(16(17,18)19)11-7-20-15(23-25(11)13)21-10-4-5-24(8-12(10)26)29(3,27)28/h7,9-10,12,26H,4-6,8H2,1-3H3,(H,21,23)/t10-,12-/m1/s1. The van der Waals surface area contributed by atoms with Crippen LogP contribution in [0.1, 0.15) is 31.8 Å². The third-order valence-corrected chi connectivity index (χ3v) is 5.92. The van der Waals surface area contributed by atoms with E-state index in [-0.39, 0.29) is 36.3 Å². The molecule has 1 aliphatic rings. The number of sulfonamides is 1. The zero-order valence-electron chi connectivity index (χ0n) is 16.2. The Bertz CT molecular complexity index is 992. The fraction of sp³-hybridized carbons (Fsp3) is 0.688. The van der Waals surface area contributed by atoms with Gasteiger partial charge in [-0.3, -0.25) is 0 Å². The molecule has 0 saturated carbocycles. The summed E-state index contributed by atoms with van der Waals surface area (Å²) in [6.07, 6.45) is -2.94. The van der Waals surface area contributed by atoms with Gasteiger partial charge in [0.2, 0.25) is 16.0 Å². The number of nitrogens with zero attached hydrogens (tertiary/aromatic N) is 5. The minimum Gasteiger partial charge on any atom is -0.390 e. The van der Waals surface area contributed by atoms with Crippen LogP contribution >= 0.6 is 0 Å². The summed E-state index contributed by atoms with van der Waals surface area (Å²) in [7, 11) is -3.42. The molecule has 1 fully saturated rings. The highest BCUT2D eigenvalue weighted by Gasteiger charge is 2.38. The Balaban J connectivity index is 1.88. The average molecular weight is 436 g/mol. The van der Waals surface area contributed by atoms with Gasteiger partial charge >= 0.3 is 6.18 Å². The van der Waals surface area contributed by atoms with Crippen molar-refractivity contribution < 1.29 is 26.7 Å². The molecule has 1 aliphatic heterocycles. The van der Waals surface area contributed by atoms with Gasteiger partial charge in [0.1, 0.15) is 11.3 Å². The molecule has 13 heteroatoms. The lowest BCUT2D eigenvalue weighted by Crippen LogP contribution is -2.51. The minimum atomic E-state index is -4.63. The Morgan fingerprint density at radius 1 is 1.38 bits per heavy atom. The zero-order valence-corrected chi connectivity index (χ0v) is 17.0. The SMILES string of the molecule is CC(C)Cc1nc(C(F)(F)F)c2cnc(N[C@@H]3CCN(S(C)(=O)=O)C[C@H]3O)nn12. The average Bonchev–Trinajstić information content (AvgIpc) is 2.93. The van der Waals surface area contributed by atoms with E-state index in [0.29, 0.717) is 12.8 Å².